The average Bonchev–Trinajstić information content (AvgIpc) is 2.39. The maximum absolute atomic E-state index is 13.7. The molecule has 0 spiro atoms. The molecule has 0 saturated heterocycles. The second-order valence-electron chi connectivity index (χ2n) is 4.52. The van der Waals surface area contributed by atoms with E-state index in [1.807, 2.05) is 6.92 Å². The Kier molecular flexibility index (Phi) is 5.29. The molecule has 0 aromatic heterocycles. The summed E-state index contributed by atoms with van der Waals surface area (Å²) >= 11 is 0. The van der Waals surface area contributed by atoms with Gasteiger partial charge in [0.15, 0.2) is 23.3 Å². The van der Waals surface area contributed by atoms with Crippen LogP contribution in [-0.4, -0.2) is 7.05 Å². The zero-order chi connectivity index (χ0) is 14.7. The minimum absolute atomic E-state index is 0.261. The molecule has 1 rings (SSSR count). The van der Waals surface area contributed by atoms with Gasteiger partial charge in [0, 0.05) is 11.6 Å². The lowest BCUT2D eigenvalue weighted by Crippen LogP contribution is -2.27. The van der Waals surface area contributed by atoms with Gasteiger partial charge in [-0.25, -0.2) is 22.0 Å². The van der Waals surface area contributed by atoms with Crippen LogP contribution >= 0.6 is 0 Å². The first-order chi connectivity index (χ1) is 8.86. The standard InChI is InChI=1S/C13H16F5N/c1-4-5-6(2)13(19-3)7-8(14)10(16)12(18)11(17)9(7)15/h6,13,19H,4-5H2,1-3H3. The Morgan fingerprint density at radius 3 is 1.68 bits per heavy atom. The van der Waals surface area contributed by atoms with Crippen LogP contribution in [0, 0.1) is 35.0 Å². The zero-order valence-electron chi connectivity index (χ0n) is 11.0. The molecule has 0 amide bonds. The molecule has 0 heterocycles. The molecule has 1 aromatic rings. The van der Waals surface area contributed by atoms with E-state index in [9.17, 15) is 22.0 Å². The van der Waals surface area contributed by atoms with Gasteiger partial charge in [-0.1, -0.05) is 20.3 Å². The monoisotopic (exact) mass is 281 g/mol. The lowest BCUT2D eigenvalue weighted by atomic mass is 9.90. The predicted molar refractivity (Wildman–Crippen MR) is 62.1 cm³/mol. The molecule has 2 atom stereocenters. The van der Waals surface area contributed by atoms with Crippen LogP contribution in [-0.2, 0) is 0 Å². The smallest absolute Gasteiger partial charge is 0.200 e. The SMILES string of the molecule is CCCC(C)C(NC)c1c(F)c(F)c(F)c(F)c1F. The van der Waals surface area contributed by atoms with Gasteiger partial charge in [0.1, 0.15) is 0 Å². The van der Waals surface area contributed by atoms with E-state index in [0.29, 0.717) is 6.42 Å². The summed E-state index contributed by atoms with van der Waals surface area (Å²) in [6.07, 6.45) is 1.35. The van der Waals surface area contributed by atoms with Crippen molar-refractivity contribution in [1.29, 1.82) is 0 Å². The van der Waals surface area contributed by atoms with Gasteiger partial charge >= 0.3 is 0 Å². The lowest BCUT2D eigenvalue weighted by molar-refractivity contribution is 0.323. The third-order valence-corrected chi connectivity index (χ3v) is 3.18. The third-order valence-electron chi connectivity index (χ3n) is 3.18. The minimum Gasteiger partial charge on any atom is -0.313 e. The summed E-state index contributed by atoms with van der Waals surface area (Å²) < 4.78 is 66.6. The highest BCUT2D eigenvalue weighted by Crippen LogP contribution is 2.32. The molecule has 0 saturated carbocycles. The fourth-order valence-corrected chi connectivity index (χ4v) is 2.23. The van der Waals surface area contributed by atoms with Crippen LogP contribution in [0.2, 0.25) is 0 Å². The Labute approximate surface area is 108 Å². The Hall–Kier alpha value is -1.17. The quantitative estimate of drug-likeness (QED) is 0.487. The lowest BCUT2D eigenvalue weighted by Gasteiger charge is -2.25. The van der Waals surface area contributed by atoms with Gasteiger partial charge in [-0.2, -0.15) is 0 Å². The molecular formula is C13H16F5N. The maximum Gasteiger partial charge on any atom is 0.200 e. The van der Waals surface area contributed by atoms with Crippen molar-refractivity contribution in [3.05, 3.63) is 34.6 Å². The normalized spacial score (nSPS) is 14.5. The molecule has 1 nitrogen and oxygen atoms in total. The van der Waals surface area contributed by atoms with Crippen molar-refractivity contribution in [3.8, 4) is 0 Å². The Balaban J connectivity index is 3.40. The third kappa shape index (κ3) is 2.88. The van der Waals surface area contributed by atoms with Gasteiger partial charge in [0.2, 0.25) is 5.82 Å². The summed E-state index contributed by atoms with van der Waals surface area (Å²) in [4.78, 5) is 0. The predicted octanol–water partition coefficient (Wildman–Crippen LogP) is 4.08. The molecule has 1 N–H and O–H groups in total. The van der Waals surface area contributed by atoms with Crippen molar-refractivity contribution >= 4 is 0 Å². The van der Waals surface area contributed by atoms with Crippen LogP contribution < -0.4 is 5.32 Å². The molecule has 0 fully saturated rings. The summed E-state index contributed by atoms with van der Waals surface area (Å²) in [5.74, 6) is -9.73. The van der Waals surface area contributed by atoms with Crippen molar-refractivity contribution < 1.29 is 22.0 Å². The topological polar surface area (TPSA) is 12.0 Å². The van der Waals surface area contributed by atoms with Gasteiger partial charge in [-0.3, -0.25) is 0 Å². The van der Waals surface area contributed by atoms with E-state index >= 15 is 0 Å². The van der Waals surface area contributed by atoms with Gasteiger partial charge in [-0.05, 0) is 19.4 Å². The molecule has 6 heteroatoms. The number of halogens is 5. The number of hydrogen-bond acceptors (Lipinski definition) is 1. The molecule has 2 unspecified atom stereocenters. The molecule has 1 aromatic carbocycles. The molecule has 0 bridgehead atoms. The fraction of sp³-hybridized carbons (Fsp3) is 0.538. The number of nitrogens with one attached hydrogen (secondary N) is 1. The Bertz CT molecular complexity index is 432. The fourth-order valence-electron chi connectivity index (χ4n) is 2.23. The van der Waals surface area contributed by atoms with Crippen molar-refractivity contribution in [2.45, 2.75) is 32.7 Å². The molecule has 0 aliphatic rings. The van der Waals surface area contributed by atoms with Gasteiger partial charge in [0.25, 0.3) is 0 Å². The van der Waals surface area contributed by atoms with Crippen LogP contribution in [0.1, 0.15) is 38.3 Å². The van der Waals surface area contributed by atoms with Crippen molar-refractivity contribution in [1.82, 2.24) is 5.32 Å². The summed E-state index contributed by atoms with van der Waals surface area (Å²) in [6.45, 7) is 3.57. The molecule has 0 aliphatic heterocycles. The van der Waals surface area contributed by atoms with Gasteiger partial charge in [-0.15, -0.1) is 0 Å². The summed E-state index contributed by atoms with van der Waals surface area (Å²) in [5, 5.41) is 2.62. The van der Waals surface area contributed by atoms with Crippen molar-refractivity contribution in [3.63, 3.8) is 0 Å². The highest BCUT2D eigenvalue weighted by Gasteiger charge is 2.31. The van der Waals surface area contributed by atoms with Crippen molar-refractivity contribution in [2.75, 3.05) is 7.05 Å². The molecule has 0 radical (unpaired) electrons. The van der Waals surface area contributed by atoms with E-state index in [-0.39, 0.29) is 5.92 Å². The van der Waals surface area contributed by atoms with Crippen LogP contribution in [0.15, 0.2) is 0 Å². The van der Waals surface area contributed by atoms with Crippen LogP contribution in [0.4, 0.5) is 22.0 Å². The Morgan fingerprint density at radius 2 is 1.32 bits per heavy atom. The summed E-state index contributed by atoms with van der Waals surface area (Å²) in [5.41, 5.74) is -0.792. The second kappa shape index (κ2) is 6.32. The van der Waals surface area contributed by atoms with Crippen LogP contribution in [0.5, 0.6) is 0 Å². The molecule has 108 valence electrons. The number of hydrogen-bond donors (Lipinski definition) is 1. The summed E-state index contributed by atoms with van der Waals surface area (Å²) in [7, 11) is 1.43. The number of benzene rings is 1. The minimum atomic E-state index is -2.13. The van der Waals surface area contributed by atoms with Gasteiger partial charge < -0.3 is 5.32 Å². The Morgan fingerprint density at radius 1 is 0.895 bits per heavy atom. The first-order valence-electron chi connectivity index (χ1n) is 6.05. The summed E-state index contributed by atoms with van der Waals surface area (Å²) in [6, 6.07) is -0.926. The van der Waals surface area contributed by atoms with Gasteiger partial charge in [0.05, 0.1) is 0 Å². The largest absolute Gasteiger partial charge is 0.313 e. The zero-order valence-corrected chi connectivity index (χ0v) is 11.0. The van der Waals surface area contributed by atoms with Crippen LogP contribution in [0.3, 0.4) is 0 Å². The molecular weight excluding hydrogens is 265 g/mol. The molecule has 19 heavy (non-hydrogen) atoms. The van der Waals surface area contributed by atoms with E-state index in [2.05, 4.69) is 5.32 Å². The highest BCUT2D eigenvalue weighted by molar-refractivity contribution is 5.27. The van der Waals surface area contributed by atoms with E-state index < -0.39 is 40.7 Å². The first kappa shape index (κ1) is 15.9. The first-order valence-corrected chi connectivity index (χ1v) is 6.05. The van der Waals surface area contributed by atoms with E-state index in [1.54, 1.807) is 6.92 Å². The van der Waals surface area contributed by atoms with E-state index in [1.165, 1.54) is 7.05 Å². The molecule has 0 aliphatic carbocycles. The highest BCUT2D eigenvalue weighted by atomic mass is 19.2. The van der Waals surface area contributed by atoms with Crippen molar-refractivity contribution in [2.24, 2.45) is 5.92 Å². The maximum atomic E-state index is 13.7. The average molecular weight is 281 g/mol. The second-order valence-corrected chi connectivity index (χ2v) is 4.52. The number of rotatable bonds is 5. The van der Waals surface area contributed by atoms with E-state index in [4.69, 9.17) is 0 Å². The van der Waals surface area contributed by atoms with Crippen LogP contribution in [0.25, 0.3) is 0 Å². The van der Waals surface area contributed by atoms with E-state index in [0.717, 1.165) is 6.42 Å².